The Hall–Kier alpha value is -1.81. The Kier molecular flexibility index (Phi) is 3.39. The van der Waals surface area contributed by atoms with Crippen molar-refractivity contribution in [1.29, 1.82) is 0 Å². The number of nitrogens with zero attached hydrogens (tertiary/aromatic N) is 2. The fraction of sp³-hybridized carbons (Fsp3) is 0.357. The molecule has 1 aromatic carbocycles. The minimum atomic E-state index is 0.490. The lowest BCUT2D eigenvalue weighted by Gasteiger charge is -2.08. The van der Waals surface area contributed by atoms with Crippen LogP contribution >= 0.6 is 0 Å². The number of benzene rings is 1. The van der Waals surface area contributed by atoms with Crippen LogP contribution in [0.15, 0.2) is 18.2 Å². The minimum Gasteiger partial charge on any atom is -0.496 e. The van der Waals surface area contributed by atoms with Gasteiger partial charge in [0, 0.05) is 19.2 Å². The third-order valence-corrected chi connectivity index (χ3v) is 3.23. The van der Waals surface area contributed by atoms with Crippen molar-refractivity contribution in [1.82, 2.24) is 9.78 Å². The summed E-state index contributed by atoms with van der Waals surface area (Å²) >= 11 is 0. The Morgan fingerprint density at radius 3 is 2.61 bits per heavy atom. The maximum Gasteiger partial charge on any atom is 0.128 e. The van der Waals surface area contributed by atoms with E-state index in [1.807, 2.05) is 30.8 Å². The molecule has 0 unspecified atom stereocenters. The summed E-state index contributed by atoms with van der Waals surface area (Å²) in [6.45, 7) is 4.60. The summed E-state index contributed by atoms with van der Waals surface area (Å²) in [5.74, 6) is 0.838. The zero-order valence-electron chi connectivity index (χ0n) is 11.3. The summed E-state index contributed by atoms with van der Waals surface area (Å²) in [7, 11) is 3.59. The predicted octanol–water partition coefficient (Wildman–Crippen LogP) is 2.17. The van der Waals surface area contributed by atoms with E-state index < -0.39 is 0 Å². The highest BCUT2D eigenvalue weighted by Gasteiger charge is 2.16. The van der Waals surface area contributed by atoms with Crippen LogP contribution in [0.25, 0.3) is 11.3 Å². The highest BCUT2D eigenvalue weighted by molar-refractivity contribution is 5.71. The minimum absolute atomic E-state index is 0.490. The molecule has 0 aliphatic heterocycles. The van der Waals surface area contributed by atoms with Crippen molar-refractivity contribution in [2.75, 3.05) is 7.11 Å². The summed E-state index contributed by atoms with van der Waals surface area (Å²) in [6, 6.07) is 6.10. The monoisotopic (exact) mass is 245 g/mol. The number of hydrogen-bond acceptors (Lipinski definition) is 3. The lowest BCUT2D eigenvalue weighted by atomic mass is 10.0. The Balaban J connectivity index is 2.65. The van der Waals surface area contributed by atoms with E-state index in [1.54, 1.807) is 7.11 Å². The number of nitrogens with two attached hydrogens (primary N) is 1. The maximum atomic E-state index is 5.75. The van der Waals surface area contributed by atoms with Gasteiger partial charge in [-0.1, -0.05) is 11.6 Å². The number of rotatable bonds is 3. The van der Waals surface area contributed by atoms with Crippen molar-refractivity contribution in [3.05, 3.63) is 35.0 Å². The van der Waals surface area contributed by atoms with Crippen LogP contribution in [0.5, 0.6) is 5.75 Å². The Labute approximate surface area is 107 Å². The summed E-state index contributed by atoms with van der Waals surface area (Å²) in [4.78, 5) is 0. The average molecular weight is 245 g/mol. The number of hydrogen-bond donors (Lipinski definition) is 1. The number of methoxy groups -OCH3 is 1. The van der Waals surface area contributed by atoms with Crippen LogP contribution in [0.2, 0.25) is 0 Å². The average Bonchev–Trinajstić information content (AvgIpc) is 2.64. The third kappa shape index (κ3) is 1.99. The molecule has 96 valence electrons. The van der Waals surface area contributed by atoms with Crippen LogP contribution in [0, 0.1) is 13.8 Å². The van der Waals surface area contributed by atoms with Crippen LogP contribution in [0.1, 0.15) is 16.8 Å². The summed E-state index contributed by atoms with van der Waals surface area (Å²) in [5.41, 5.74) is 11.1. The van der Waals surface area contributed by atoms with Crippen LogP contribution in [-0.2, 0) is 13.6 Å². The molecule has 0 fully saturated rings. The maximum absolute atomic E-state index is 5.75. The van der Waals surface area contributed by atoms with Gasteiger partial charge in [-0.2, -0.15) is 5.10 Å². The smallest absolute Gasteiger partial charge is 0.128 e. The normalized spacial score (nSPS) is 10.7. The Morgan fingerprint density at radius 1 is 1.33 bits per heavy atom. The molecule has 0 spiro atoms. The second-order valence-electron chi connectivity index (χ2n) is 4.45. The summed E-state index contributed by atoms with van der Waals surface area (Å²) in [5, 5.41) is 4.56. The molecule has 1 heterocycles. The first-order valence-corrected chi connectivity index (χ1v) is 5.96. The molecule has 4 nitrogen and oxygen atoms in total. The number of ether oxygens (including phenoxy) is 1. The SMILES string of the molecule is COc1ccc(C)cc1-c1nn(C)c(CN)c1C. The van der Waals surface area contributed by atoms with Gasteiger partial charge >= 0.3 is 0 Å². The second kappa shape index (κ2) is 4.82. The van der Waals surface area contributed by atoms with Crippen LogP contribution < -0.4 is 10.5 Å². The Morgan fingerprint density at radius 2 is 2.06 bits per heavy atom. The van der Waals surface area contributed by atoms with E-state index in [9.17, 15) is 0 Å². The van der Waals surface area contributed by atoms with Crippen LogP contribution in [-0.4, -0.2) is 16.9 Å². The van der Waals surface area contributed by atoms with Gasteiger partial charge in [-0.3, -0.25) is 4.68 Å². The lowest BCUT2D eigenvalue weighted by Crippen LogP contribution is -2.05. The molecule has 2 aromatic rings. The number of aryl methyl sites for hydroxylation is 2. The van der Waals surface area contributed by atoms with Crippen molar-refractivity contribution < 1.29 is 4.74 Å². The standard InChI is InChI=1S/C14H19N3O/c1-9-5-6-13(18-4)11(7-9)14-10(2)12(8-15)17(3)16-14/h5-7H,8,15H2,1-4H3. The van der Waals surface area contributed by atoms with Gasteiger partial charge in [0.2, 0.25) is 0 Å². The largest absolute Gasteiger partial charge is 0.496 e. The van der Waals surface area contributed by atoms with E-state index in [0.717, 1.165) is 28.3 Å². The first kappa shape index (κ1) is 12.6. The Bertz CT molecular complexity index is 573. The molecule has 0 atom stereocenters. The van der Waals surface area contributed by atoms with Crippen molar-refractivity contribution in [3.63, 3.8) is 0 Å². The van der Waals surface area contributed by atoms with Gasteiger partial charge in [0.25, 0.3) is 0 Å². The van der Waals surface area contributed by atoms with Gasteiger partial charge < -0.3 is 10.5 Å². The van der Waals surface area contributed by atoms with Crippen molar-refractivity contribution in [3.8, 4) is 17.0 Å². The molecule has 0 saturated carbocycles. The molecule has 0 amide bonds. The first-order valence-electron chi connectivity index (χ1n) is 5.96. The fourth-order valence-corrected chi connectivity index (χ4v) is 2.21. The molecule has 0 aliphatic rings. The highest BCUT2D eigenvalue weighted by atomic mass is 16.5. The predicted molar refractivity (Wildman–Crippen MR) is 72.6 cm³/mol. The van der Waals surface area contributed by atoms with Gasteiger partial charge in [0.1, 0.15) is 5.75 Å². The molecule has 4 heteroatoms. The van der Waals surface area contributed by atoms with Crippen LogP contribution in [0.3, 0.4) is 0 Å². The van der Waals surface area contributed by atoms with E-state index in [1.165, 1.54) is 5.56 Å². The highest BCUT2D eigenvalue weighted by Crippen LogP contribution is 2.33. The molecule has 0 aliphatic carbocycles. The molecule has 2 N–H and O–H groups in total. The first-order chi connectivity index (χ1) is 8.58. The van der Waals surface area contributed by atoms with Crippen molar-refractivity contribution in [2.45, 2.75) is 20.4 Å². The molecule has 0 saturated heterocycles. The van der Waals surface area contributed by atoms with Gasteiger partial charge in [-0.25, -0.2) is 0 Å². The van der Waals surface area contributed by atoms with E-state index in [4.69, 9.17) is 10.5 Å². The molecule has 0 bridgehead atoms. The van der Waals surface area contributed by atoms with Gasteiger partial charge in [-0.15, -0.1) is 0 Å². The van der Waals surface area contributed by atoms with E-state index in [-0.39, 0.29) is 0 Å². The summed E-state index contributed by atoms with van der Waals surface area (Å²) < 4.78 is 7.25. The van der Waals surface area contributed by atoms with Crippen molar-refractivity contribution in [2.24, 2.45) is 12.8 Å². The lowest BCUT2D eigenvalue weighted by molar-refractivity contribution is 0.416. The molecule has 2 rings (SSSR count). The third-order valence-electron chi connectivity index (χ3n) is 3.23. The molecular formula is C14H19N3O. The zero-order valence-corrected chi connectivity index (χ0v) is 11.3. The van der Waals surface area contributed by atoms with Gasteiger partial charge in [0.05, 0.1) is 18.5 Å². The van der Waals surface area contributed by atoms with E-state index >= 15 is 0 Å². The second-order valence-corrected chi connectivity index (χ2v) is 4.45. The van der Waals surface area contributed by atoms with Gasteiger partial charge in [-0.05, 0) is 31.5 Å². The molecule has 0 radical (unpaired) electrons. The molecule has 1 aromatic heterocycles. The number of aromatic nitrogens is 2. The van der Waals surface area contributed by atoms with Gasteiger partial charge in [0.15, 0.2) is 0 Å². The van der Waals surface area contributed by atoms with E-state index in [2.05, 4.69) is 18.1 Å². The quantitative estimate of drug-likeness (QED) is 0.901. The van der Waals surface area contributed by atoms with E-state index in [0.29, 0.717) is 6.54 Å². The van der Waals surface area contributed by atoms with Crippen molar-refractivity contribution >= 4 is 0 Å². The molecule has 18 heavy (non-hydrogen) atoms. The topological polar surface area (TPSA) is 53.1 Å². The molecular weight excluding hydrogens is 226 g/mol. The zero-order chi connectivity index (χ0) is 13.3. The fourth-order valence-electron chi connectivity index (χ4n) is 2.21. The summed E-state index contributed by atoms with van der Waals surface area (Å²) in [6.07, 6.45) is 0. The van der Waals surface area contributed by atoms with Crippen LogP contribution in [0.4, 0.5) is 0 Å².